The third-order valence-electron chi connectivity index (χ3n) is 6.15. The van der Waals surface area contributed by atoms with Crippen molar-refractivity contribution in [3.05, 3.63) is 54.0 Å². The molecule has 158 valence electrons. The molecular formula is C20H23N5O4S. The molecule has 0 amide bonds. The van der Waals surface area contributed by atoms with Gasteiger partial charge in [0.25, 0.3) is 0 Å². The Morgan fingerprint density at radius 3 is 2.80 bits per heavy atom. The lowest BCUT2D eigenvalue weighted by Crippen LogP contribution is -2.39. The highest BCUT2D eigenvalue weighted by Gasteiger charge is 2.36. The van der Waals surface area contributed by atoms with Crippen LogP contribution >= 0.6 is 0 Å². The molecular weight excluding hydrogens is 406 g/mol. The average Bonchev–Trinajstić information content (AvgIpc) is 3.39. The number of benzene rings is 1. The minimum atomic E-state index is -4.37. The zero-order chi connectivity index (χ0) is 20.9. The van der Waals surface area contributed by atoms with E-state index in [1.807, 2.05) is 22.9 Å². The van der Waals surface area contributed by atoms with Gasteiger partial charge in [-0.25, -0.2) is 9.97 Å². The van der Waals surface area contributed by atoms with Crippen LogP contribution in [0.1, 0.15) is 42.5 Å². The average molecular weight is 430 g/mol. The molecule has 0 aliphatic heterocycles. The van der Waals surface area contributed by atoms with Crippen molar-refractivity contribution in [2.24, 2.45) is 0 Å². The van der Waals surface area contributed by atoms with Gasteiger partial charge in [0.1, 0.15) is 17.8 Å². The third kappa shape index (κ3) is 3.56. The molecule has 3 aromatic rings. The van der Waals surface area contributed by atoms with E-state index in [4.69, 9.17) is 4.55 Å². The summed E-state index contributed by atoms with van der Waals surface area (Å²) in [7, 11) is -4.37. The maximum atomic E-state index is 11.1. The Morgan fingerprint density at radius 1 is 1.13 bits per heavy atom. The maximum Gasteiger partial charge on any atom is 0.333 e. The van der Waals surface area contributed by atoms with Crippen molar-refractivity contribution in [1.29, 1.82) is 0 Å². The van der Waals surface area contributed by atoms with E-state index in [2.05, 4.69) is 38.2 Å². The van der Waals surface area contributed by atoms with E-state index in [1.165, 1.54) is 17.5 Å². The summed E-state index contributed by atoms with van der Waals surface area (Å²) in [5, 5.41) is 14.7. The summed E-state index contributed by atoms with van der Waals surface area (Å²) in [4.78, 5) is 8.88. The summed E-state index contributed by atoms with van der Waals surface area (Å²) in [6.07, 6.45) is 5.27. The molecule has 1 saturated carbocycles. The van der Waals surface area contributed by atoms with Gasteiger partial charge >= 0.3 is 10.3 Å². The molecule has 2 aromatic heterocycles. The van der Waals surface area contributed by atoms with Crippen LogP contribution in [0.15, 0.2) is 42.9 Å². The molecule has 0 unspecified atom stereocenters. The van der Waals surface area contributed by atoms with Crippen LogP contribution in [0.5, 0.6) is 0 Å². The van der Waals surface area contributed by atoms with Crippen LogP contribution in [-0.2, 0) is 16.7 Å². The van der Waals surface area contributed by atoms with Crippen LogP contribution in [0, 0.1) is 0 Å². The van der Waals surface area contributed by atoms with Crippen molar-refractivity contribution in [3.8, 4) is 0 Å². The van der Waals surface area contributed by atoms with Gasteiger partial charge in [0.2, 0.25) is 0 Å². The predicted molar refractivity (Wildman–Crippen MR) is 111 cm³/mol. The molecule has 0 spiro atoms. The van der Waals surface area contributed by atoms with Crippen molar-refractivity contribution in [2.45, 2.75) is 49.9 Å². The number of hydrogen-bond donors (Lipinski definition) is 4. The van der Waals surface area contributed by atoms with E-state index >= 15 is 0 Å². The maximum absolute atomic E-state index is 11.1. The summed E-state index contributed by atoms with van der Waals surface area (Å²) in [6.45, 7) is 0. The molecule has 30 heavy (non-hydrogen) atoms. The largest absolute Gasteiger partial charge is 0.391 e. The Balaban J connectivity index is 1.41. The van der Waals surface area contributed by atoms with Crippen molar-refractivity contribution in [1.82, 2.24) is 19.3 Å². The van der Waals surface area contributed by atoms with Crippen LogP contribution in [0.3, 0.4) is 0 Å². The minimum absolute atomic E-state index is 0.147. The van der Waals surface area contributed by atoms with Gasteiger partial charge in [0.15, 0.2) is 0 Å². The van der Waals surface area contributed by atoms with Gasteiger partial charge in [0, 0.05) is 12.2 Å². The van der Waals surface area contributed by atoms with Gasteiger partial charge < -0.3 is 15.0 Å². The number of aliphatic hydroxyl groups is 1. The van der Waals surface area contributed by atoms with Crippen LogP contribution in [0.2, 0.25) is 0 Å². The number of nitrogens with zero attached hydrogens (tertiary/aromatic N) is 3. The van der Waals surface area contributed by atoms with Crippen molar-refractivity contribution in [2.75, 3.05) is 5.32 Å². The molecule has 2 heterocycles. The first-order chi connectivity index (χ1) is 14.4. The van der Waals surface area contributed by atoms with E-state index in [1.54, 1.807) is 0 Å². The van der Waals surface area contributed by atoms with Crippen LogP contribution < -0.4 is 10.0 Å². The molecule has 4 atom stereocenters. The van der Waals surface area contributed by atoms with Gasteiger partial charge in [-0.15, -0.1) is 0 Å². The highest BCUT2D eigenvalue weighted by atomic mass is 32.2. The quantitative estimate of drug-likeness (QED) is 0.456. The molecule has 10 heteroatoms. The summed E-state index contributed by atoms with van der Waals surface area (Å²) in [6, 6.07) is 9.66. The summed E-state index contributed by atoms with van der Waals surface area (Å²) in [5.41, 5.74) is 3.38. The minimum Gasteiger partial charge on any atom is -0.391 e. The Bertz CT molecular complexity index is 1190. The fourth-order valence-corrected chi connectivity index (χ4v) is 5.42. The number of anilines is 1. The fraction of sp³-hybridized carbons (Fsp3) is 0.400. The number of hydrogen-bond acceptors (Lipinski definition) is 6. The molecule has 2 aliphatic rings. The Morgan fingerprint density at radius 2 is 1.97 bits per heavy atom. The highest BCUT2D eigenvalue weighted by Crippen LogP contribution is 2.37. The predicted octanol–water partition coefficient (Wildman–Crippen LogP) is 1.99. The normalized spacial score (nSPS) is 26.2. The Kier molecular flexibility index (Phi) is 4.73. The zero-order valence-corrected chi connectivity index (χ0v) is 17.0. The first-order valence-corrected chi connectivity index (χ1v) is 11.4. The number of aryl methyl sites for hydroxylation is 1. The SMILES string of the molecule is O=S(=O)(O)N[C@H]1C[C@@H](n2ccc3c(N[C@H]4CCc5ccccc54)ncnc32)C[C@H]1O. The van der Waals surface area contributed by atoms with E-state index in [0.717, 1.165) is 29.7 Å². The molecule has 0 saturated heterocycles. The van der Waals surface area contributed by atoms with E-state index in [0.29, 0.717) is 12.8 Å². The molecule has 4 N–H and O–H groups in total. The second kappa shape index (κ2) is 7.31. The van der Waals surface area contributed by atoms with Gasteiger partial charge in [-0.1, -0.05) is 24.3 Å². The van der Waals surface area contributed by atoms with Crippen molar-refractivity contribution >= 4 is 27.2 Å². The molecule has 9 nitrogen and oxygen atoms in total. The van der Waals surface area contributed by atoms with Crippen molar-refractivity contribution in [3.63, 3.8) is 0 Å². The van der Waals surface area contributed by atoms with E-state index in [9.17, 15) is 13.5 Å². The molecule has 2 aliphatic carbocycles. The number of rotatable bonds is 5. The fourth-order valence-electron chi connectivity index (χ4n) is 4.79. The first kappa shape index (κ1) is 19.4. The number of aliphatic hydroxyl groups excluding tert-OH is 1. The van der Waals surface area contributed by atoms with Gasteiger partial charge in [-0.05, 0) is 42.9 Å². The summed E-state index contributed by atoms with van der Waals surface area (Å²) in [5.74, 6) is 0.756. The smallest absolute Gasteiger partial charge is 0.333 e. The van der Waals surface area contributed by atoms with E-state index in [-0.39, 0.29) is 12.1 Å². The van der Waals surface area contributed by atoms with E-state index < -0.39 is 22.4 Å². The standard InChI is InChI=1S/C20H23N5O4S/c26-18-10-13(9-17(18)24-30(27,28)29)25-8-7-15-19(21-11-22-20(15)25)23-16-6-5-12-3-1-2-4-14(12)16/h1-4,7-8,11,13,16-18,24,26H,5-6,9-10H2,(H,21,22,23)(H,27,28,29)/t13-,16+,17+,18-/m1/s1. The number of nitrogens with one attached hydrogen (secondary N) is 2. The highest BCUT2D eigenvalue weighted by molar-refractivity contribution is 7.83. The molecule has 0 radical (unpaired) electrons. The molecule has 0 bridgehead atoms. The van der Waals surface area contributed by atoms with Gasteiger partial charge in [-0.3, -0.25) is 4.55 Å². The lowest BCUT2D eigenvalue weighted by molar-refractivity contribution is 0.155. The van der Waals surface area contributed by atoms with Crippen LogP contribution in [0.25, 0.3) is 11.0 Å². The Hall–Kier alpha value is -2.53. The Labute approximate surface area is 174 Å². The lowest BCUT2D eigenvalue weighted by atomic mass is 10.1. The van der Waals surface area contributed by atoms with Crippen LogP contribution in [-0.4, -0.2) is 44.8 Å². The number of aromatic nitrogens is 3. The molecule has 5 rings (SSSR count). The monoisotopic (exact) mass is 429 g/mol. The molecule has 1 aromatic carbocycles. The second-order valence-electron chi connectivity index (χ2n) is 8.01. The van der Waals surface area contributed by atoms with Crippen molar-refractivity contribution < 1.29 is 18.1 Å². The zero-order valence-electron chi connectivity index (χ0n) is 16.1. The third-order valence-corrected chi connectivity index (χ3v) is 6.75. The lowest BCUT2D eigenvalue weighted by Gasteiger charge is -2.16. The second-order valence-corrected chi connectivity index (χ2v) is 9.19. The summed E-state index contributed by atoms with van der Waals surface area (Å²) < 4.78 is 35.3. The van der Waals surface area contributed by atoms with Gasteiger partial charge in [0.05, 0.1) is 23.6 Å². The number of fused-ring (bicyclic) bond motifs is 2. The first-order valence-electron chi connectivity index (χ1n) is 9.98. The van der Waals surface area contributed by atoms with Gasteiger partial charge in [-0.2, -0.15) is 13.1 Å². The molecule has 1 fully saturated rings. The topological polar surface area (TPSA) is 129 Å². The van der Waals surface area contributed by atoms with Crippen LogP contribution in [0.4, 0.5) is 5.82 Å². The summed E-state index contributed by atoms with van der Waals surface area (Å²) >= 11 is 0.